The van der Waals surface area contributed by atoms with Crippen LogP contribution in [-0.4, -0.2) is 34.0 Å². The highest BCUT2D eigenvalue weighted by molar-refractivity contribution is 6.30. The number of nitriles is 1. The number of amides is 1. The van der Waals surface area contributed by atoms with Gasteiger partial charge in [0, 0.05) is 28.3 Å². The Labute approximate surface area is 221 Å². The zero-order valence-electron chi connectivity index (χ0n) is 23.6. The molecule has 0 radical (unpaired) electrons. The predicted molar refractivity (Wildman–Crippen MR) is 137 cm³/mol. The highest BCUT2D eigenvalue weighted by Gasteiger charge is 2.54. The summed E-state index contributed by atoms with van der Waals surface area (Å²) in [5.41, 5.74) is -0.599. The molecule has 7 heteroatoms. The number of aliphatic hydroxyl groups is 1. The summed E-state index contributed by atoms with van der Waals surface area (Å²) in [5, 5.41) is 20.2. The zero-order chi connectivity index (χ0) is 29.1. The number of carbonyl (C=O) groups excluding carboxylic acids is 1. The van der Waals surface area contributed by atoms with Gasteiger partial charge in [-0.15, -0.1) is 0 Å². The van der Waals surface area contributed by atoms with E-state index >= 15 is 0 Å². The molecule has 0 spiro atoms. The van der Waals surface area contributed by atoms with Gasteiger partial charge in [-0.05, 0) is 55.7 Å². The van der Waals surface area contributed by atoms with Crippen LogP contribution in [0.25, 0.3) is 5.57 Å². The van der Waals surface area contributed by atoms with Crippen LogP contribution in [0, 0.1) is 16.7 Å². The zero-order valence-corrected chi connectivity index (χ0v) is 20.3. The lowest BCUT2D eigenvalue weighted by atomic mass is 9.90. The van der Waals surface area contributed by atoms with Gasteiger partial charge in [0.2, 0.25) is 0 Å². The molecule has 1 unspecified atom stereocenters. The molecule has 6 nitrogen and oxygen atoms in total. The Morgan fingerprint density at radius 2 is 2.03 bits per heavy atom. The van der Waals surface area contributed by atoms with E-state index < -0.39 is 30.2 Å². The fraction of sp³-hybridized carbons (Fsp3) is 0.276. The number of hydrogen-bond acceptors (Lipinski definition) is 5. The monoisotopic (exact) mass is 503 g/mol. The minimum atomic E-state index is -2.89. The summed E-state index contributed by atoms with van der Waals surface area (Å²) >= 11 is 6.03. The maximum absolute atomic E-state index is 14.2. The fourth-order valence-electron chi connectivity index (χ4n) is 4.35. The SMILES string of the molecule is [2H]C([2H])(O)C1(C([2H])([2H])OC2(c3ccc(C#N)cc3)c3ccc(C(=C)C)cc3C(=O)N2Cc2ccc(Cl)cn2)CC1. The Morgan fingerprint density at radius 3 is 2.61 bits per heavy atom. The molecule has 36 heavy (non-hydrogen) atoms. The van der Waals surface area contributed by atoms with E-state index in [0.717, 1.165) is 5.57 Å². The molecule has 1 amide bonds. The summed E-state index contributed by atoms with van der Waals surface area (Å²) in [6, 6.07) is 16.7. The second-order valence-electron chi connectivity index (χ2n) is 9.13. The lowest BCUT2D eigenvalue weighted by Gasteiger charge is -2.40. The smallest absolute Gasteiger partial charge is 0.257 e. The molecule has 0 saturated heterocycles. The number of ether oxygens (including phenoxy) is 1. The maximum Gasteiger partial charge on any atom is 0.257 e. The van der Waals surface area contributed by atoms with E-state index in [1.165, 1.54) is 23.2 Å². The number of nitrogens with zero attached hydrogens (tertiary/aromatic N) is 3. The number of allylic oxidation sites excluding steroid dienone is 1. The van der Waals surface area contributed by atoms with Gasteiger partial charge >= 0.3 is 0 Å². The maximum atomic E-state index is 14.2. The number of halogens is 1. The third-order valence-corrected chi connectivity index (χ3v) is 6.83. The second kappa shape index (κ2) is 9.18. The van der Waals surface area contributed by atoms with Crippen molar-refractivity contribution < 1.29 is 20.1 Å². The van der Waals surface area contributed by atoms with Crippen LogP contribution < -0.4 is 0 Å². The van der Waals surface area contributed by atoms with E-state index in [1.807, 2.05) is 0 Å². The van der Waals surface area contributed by atoms with E-state index in [9.17, 15) is 15.2 Å². The normalized spacial score (nSPS) is 22.1. The van der Waals surface area contributed by atoms with Crippen molar-refractivity contribution in [2.24, 2.45) is 5.41 Å². The Hall–Kier alpha value is -3.50. The first-order valence-electron chi connectivity index (χ1n) is 13.4. The molecule has 0 bridgehead atoms. The van der Waals surface area contributed by atoms with Crippen LogP contribution in [0.4, 0.5) is 0 Å². The Morgan fingerprint density at radius 1 is 1.28 bits per heavy atom. The van der Waals surface area contributed by atoms with Gasteiger partial charge in [-0.3, -0.25) is 14.7 Å². The first-order valence-corrected chi connectivity index (χ1v) is 11.8. The summed E-state index contributed by atoms with van der Waals surface area (Å²) in [7, 11) is 0. The standard InChI is InChI=1S/C29H26ClN3O3/c1-19(2)21-5-10-26-25(13-21)27(35)33(16-24-9-8-23(30)15-32-24)29(26,36-18-28(17-34)11-12-28)22-6-3-20(14-31)4-7-22/h3-10,13,15,34H,1,11-12,16-18H2,2H3/i17D2,18D2. The molecule has 1 aliphatic carbocycles. The van der Waals surface area contributed by atoms with Gasteiger partial charge in [0.15, 0.2) is 5.72 Å². The lowest BCUT2D eigenvalue weighted by Crippen LogP contribution is -2.47. The van der Waals surface area contributed by atoms with Crippen molar-refractivity contribution in [3.05, 3.63) is 106 Å². The van der Waals surface area contributed by atoms with Crippen LogP contribution >= 0.6 is 11.6 Å². The number of pyridine rings is 1. The molecule has 2 aliphatic rings. The van der Waals surface area contributed by atoms with Gasteiger partial charge in [-0.25, -0.2) is 0 Å². The highest BCUT2D eigenvalue weighted by Crippen LogP contribution is 2.51. The molecule has 1 aromatic heterocycles. The number of rotatable bonds is 8. The van der Waals surface area contributed by atoms with Gasteiger partial charge in [0.25, 0.3) is 5.91 Å². The van der Waals surface area contributed by atoms with Crippen LogP contribution in [0.3, 0.4) is 0 Å². The van der Waals surface area contributed by atoms with Crippen molar-refractivity contribution in [1.82, 2.24) is 9.88 Å². The van der Waals surface area contributed by atoms with Gasteiger partial charge in [0.1, 0.15) is 0 Å². The Balaban J connectivity index is 1.78. The fourth-order valence-corrected chi connectivity index (χ4v) is 4.46. The molecular formula is C29H26ClN3O3. The molecule has 3 aromatic rings. The molecule has 182 valence electrons. The van der Waals surface area contributed by atoms with Crippen LogP contribution in [0.2, 0.25) is 5.02 Å². The van der Waals surface area contributed by atoms with E-state index in [1.54, 1.807) is 49.4 Å². The number of aromatic nitrogens is 1. The van der Waals surface area contributed by atoms with Gasteiger partial charge in [-0.2, -0.15) is 5.26 Å². The largest absolute Gasteiger partial charge is 0.396 e. The van der Waals surface area contributed by atoms with Crippen molar-refractivity contribution in [3.8, 4) is 6.07 Å². The summed E-state index contributed by atoms with van der Waals surface area (Å²) in [6.07, 6.45) is 1.52. The van der Waals surface area contributed by atoms with Crippen molar-refractivity contribution in [3.63, 3.8) is 0 Å². The van der Waals surface area contributed by atoms with E-state index in [4.69, 9.17) is 21.8 Å². The van der Waals surface area contributed by atoms with Crippen LogP contribution in [0.15, 0.2) is 67.4 Å². The lowest BCUT2D eigenvalue weighted by molar-refractivity contribution is -0.129. The van der Waals surface area contributed by atoms with E-state index in [-0.39, 0.29) is 24.9 Å². The van der Waals surface area contributed by atoms with E-state index in [2.05, 4.69) is 17.6 Å². The van der Waals surface area contributed by atoms with Crippen LogP contribution in [-0.2, 0) is 17.0 Å². The average molecular weight is 504 g/mol. The molecule has 1 N–H and O–H groups in total. The van der Waals surface area contributed by atoms with Crippen molar-refractivity contribution >= 4 is 23.1 Å². The van der Waals surface area contributed by atoms with Crippen molar-refractivity contribution in [2.45, 2.75) is 32.0 Å². The van der Waals surface area contributed by atoms with Gasteiger partial charge in [-0.1, -0.05) is 48.0 Å². The molecule has 1 aliphatic heterocycles. The summed E-state index contributed by atoms with van der Waals surface area (Å²) in [4.78, 5) is 19.8. The molecule has 1 saturated carbocycles. The van der Waals surface area contributed by atoms with E-state index in [0.29, 0.717) is 33.0 Å². The van der Waals surface area contributed by atoms with Crippen molar-refractivity contribution in [2.75, 3.05) is 13.1 Å². The number of benzene rings is 2. The number of carbonyl (C=O) groups is 1. The summed E-state index contributed by atoms with van der Waals surface area (Å²) in [6.45, 7) is 0.0441. The average Bonchev–Trinajstić information content (AvgIpc) is 3.71. The van der Waals surface area contributed by atoms with Gasteiger partial charge < -0.3 is 9.84 Å². The second-order valence-corrected chi connectivity index (χ2v) is 9.57. The Bertz CT molecular complexity index is 1540. The van der Waals surface area contributed by atoms with Crippen molar-refractivity contribution in [1.29, 1.82) is 5.26 Å². The summed E-state index contributed by atoms with van der Waals surface area (Å²) in [5.74, 6) is -0.466. The molecular weight excluding hydrogens is 474 g/mol. The minimum absolute atomic E-state index is 0.0427. The molecule has 2 aromatic carbocycles. The molecule has 5 rings (SSSR count). The molecule has 2 heterocycles. The number of fused-ring (bicyclic) bond motifs is 1. The topological polar surface area (TPSA) is 86.4 Å². The third kappa shape index (κ3) is 4.10. The minimum Gasteiger partial charge on any atom is -0.396 e. The highest BCUT2D eigenvalue weighted by atomic mass is 35.5. The first-order chi connectivity index (χ1) is 18.8. The Kier molecular flexibility index (Phi) is 5.01. The number of hydrogen-bond donors (Lipinski definition) is 1. The third-order valence-electron chi connectivity index (χ3n) is 6.61. The van der Waals surface area contributed by atoms with Crippen LogP contribution in [0.5, 0.6) is 0 Å². The predicted octanol–water partition coefficient (Wildman–Crippen LogP) is 5.29. The van der Waals surface area contributed by atoms with Gasteiger partial charge in [0.05, 0.1) is 47.5 Å². The quantitative estimate of drug-likeness (QED) is 0.451. The summed E-state index contributed by atoms with van der Waals surface area (Å²) < 4.78 is 40.4. The molecule has 1 fully saturated rings. The molecule has 1 atom stereocenters. The van der Waals surface area contributed by atoms with Crippen LogP contribution in [0.1, 0.15) is 63.6 Å². The first kappa shape index (κ1) is 19.7.